The highest BCUT2D eigenvalue weighted by molar-refractivity contribution is 7.86. The van der Waals surface area contributed by atoms with Crippen LogP contribution in [0.1, 0.15) is 20.7 Å². The number of amides is 4. The van der Waals surface area contributed by atoms with Gasteiger partial charge in [0.05, 0.1) is 9.79 Å². The number of carbonyl (C=O) groups is 4. The van der Waals surface area contributed by atoms with Crippen LogP contribution in [0, 0.1) is 0 Å². The summed E-state index contributed by atoms with van der Waals surface area (Å²) in [6.45, 7) is 0. The molecule has 0 radical (unpaired) electrons. The molecule has 6 aromatic carbocycles. The van der Waals surface area contributed by atoms with E-state index in [2.05, 4.69) is 21.3 Å². The summed E-state index contributed by atoms with van der Waals surface area (Å²) in [4.78, 5) is 49.8. The van der Waals surface area contributed by atoms with Crippen LogP contribution in [0.15, 0.2) is 119 Å². The molecule has 0 aliphatic heterocycles. The fourth-order valence-corrected chi connectivity index (χ4v) is 6.36. The zero-order valence-corrected chi connectivity index (χ0v) is 28.9. The van der Waals surface area contributed by atoms with Crippen molar-refractivity contribution in [2.24, 2.45) is 0 Å². The Labute approximate surface area is 305 Å². The van der Waals surface area contributed by atoms with E-state index in [4.69, 9.17) is 0 Å². The Kier molecular flexibility index (Phi) is 9.76. The summed E-state index contributed by atoms with van der Waals surface area (Å²) in [6, 6.07) is 23.9. The van der Waals surface area contributed by atoms with Crippen molar-refractivity contribution >= 4 is 88.2 Å². The number of fused-ring (bicyclic) bond motifs is 2. The number of phenols is 2. The van der Waals surface area contributed by atoms with Crippen LogP contribution in [0.5, 0.6) is 11.5 Å². The number of nitrogens with one attached hydrogen (secondary N) is 4. The third-order valence-corrected chi connectivity index (χ3v) is 9.60. The van der Waals surface area contributed by atoms with Gasteiger partial charge < -0.3 is 31.5 Å². The van der Waals surface area contributed by atoms with E-state index in [1.54, 1.807) is 0 Å². The van der Waals surface area contributed by atoms with E-state index in [1.165, 1.54) is 84.9 Å². The third kappa shape index (κ3) is 8.27. The van der Waals surface area contributed by atoms with Crippen LogP contribution < -0.4 is 21.3 Å². The van der Waals surface area contributed by atoms with Gasteiger partial charge in [-0.1, -0.05) is 0 Å². The molecule has 0 unspecified atom stereocenters. The minimum Gasteiger partial charge on any atom is -0.507 e. The van der Waals surface area contributed by atoms with E-state index in [-0.39, 0.29) is 66.9 Å². The lowest BCUT2D eigenvalue weighted by atomic mass is 10.1. The van der Waals surface area contributed by atoms with Crippen molar-refractivity contribution in [3.05, 3.63) is 120 Å². The van der Waals surface area contributed by atoms with Crippen LogP contribution in [0.25, 0.3) is 21.5 Å². The molecular formula is C36H26N4O12S2. The maximum absolute atomic E-state index is 12.8. The molecule has 6 rings (SSSR count). The highest BCUT2D eigenvalue weighted by atomic mass is 32.2. The number of aromatic hydroxyl groups is 2. The molecule has 0 aliphatic rings. The number of hydrogen-bond donors (Lipinski definition) is 8. The van der Waals surface area contributed by atoms with E-state index in [0.717, 1.165) is 24.3 Å². The van der Waals surface area contributed by atoms with Crippen LogP contribution >= 0.6 is 0 Å². The summed E-state index contributed by atoms with van der Waals surface area (Å²) in [5.41, 5.74) is 1.23. The Hall–Kier alpha value is -6.86. The summed E-state index contributed by atoms with van der Waals surface area (Å²) in [5, 5.41) is 31.4. The smallest absolute Gasteiger partial charge is 0.314 e. The Morgan fingerprint density at radius 1 is 0.426 bits per heavy atom. The molecule has 0 bridgehead atoms. The minimum absolute atomic E-state index is 0.169. The van der Waals surface area contributed by atoms with Crippen LogP contribution in [-0.2, 0) is 29.8 Å². The second-order valence-electron chi connectivity index (χ2n) is 11.7. The monoisotopic (exact) mass is 770 g/mol. The largest absolute Gasteiger partial charge is 0.507 e. The second kappa shape index (κ2) is 14.3. The van der Waals surface area contributed by atoms with E-state index in [1.807, 2.05) is 0 Å². The minimum atomic E-state index is -4.59. The first-order chi connectivity index (χ1) is 25.4. The predicted molar refractivity (Wildman–Crippen MR) is 197 cm³/mol. The quantitative estimate of drug-likeness (QED) is 0.0753. The van der Waals surface area contributed by atoms with Gasteiger partial charge in [-0.25, -0.2) is 0 Å². The zero-order chi connectivity index (χ0) is 38.9. The van der Waals surface area contributed by atoms with E-state index in [9.17, 15) is 55.3 Å². The van der Waals surface area contributed by atoms with Gasteiger partial charge in [-0.05, 0) is 108 Å². The van der Waals surface area contributed by atoms with Gasteiger partial charge in [-0.15, -0.1) is 0 Å². The molecule has 16 nitrogen and oxygen atoms in total. The number of benzene rings is 6. The molecule has 0 aromatic heterocycles. The van der Waals surface area contributed by atoms with Gasteiger partial charge in [0.25, 0.3) is 32.1 Å². The van der Waals surface area contributed by atoms with Crippen molar-refractivity contribution in [1.82, 2.24) is 0 Å². The Morgan fingerprint density at radius 2 is 0.759 bits per heavy atom. The molecule has 54 heavy (non-hydrogen) atoms. The molecule has 0 saturated carbocycles. The van der Waals surface area contributed by atoms with Crippen LogP contribution in [-0.4, -0.2) is 59.8 Å². The molecule has 4 amide bonds. The van der Waals surface area contributed by atoms with Gasteiger partial charge in [0.2, 0.25) is 0 Å². The summed E-state index contributed by atoms with van der Waals surface area (Å²) in [6.07, 6.45) is 0. The summed E-state index contributed by atoms with van der Waals surface area (Å²) < 4.78 is 64.7. The molecule has 0 spiro atoms. The molecule has 0 heterocycles. The summed E-state index contributed by atoms with van der Waals surface area (Å²) in [5.74, 6) is -3.95. The Balaban J connectivity index is 1.03. The number of phenolic OH excluding ortho intramolecular Hbond substituents is 2. The lowest BCUT2D eigenvalue weighted by molar-refractivity contribution is -0.132. The maximum atomic E-state index is 12.8. The van der Waals surface area contributed by atoms with Gasteiger partial charge in [0.1, 0.15) is 11.5 Å². The van der Waals surface area contributed by atoms with Gasteiger partial charge >= 0.3 is 11.8 Å². The van der Waals surface area contributed by atoms with Crippen LogP contribution in [0.4, 0.5) is 22.7 Å². The van der Waals surface area contributed by atoms with Gasteiger partial charge in [-0.3, -0.25) is 28.3 Å². The third-order valence-electron chi connectivity index (χ3n) is 7.94. The maximum Gasteiger partial charge on any atom is 0.314 e. The van der Waals surface area contributed by atoms with Crippen LogP contribution in [0.3, 0.4) is 0 Å². The van der Waals surface area contributed by atoms with Crippen molar-refractivity contribution in [1.29, 1.82) is 0 Å². The van der Waals surface area contributed by atoms with Crippen molar-refractivity contribution in [3.63, 3.8) is 0 Å². The summed E-state index contributed by atoms with van der Waals surface area (Å²) >= 11 is 0. The lowest BCUT2D eigenvalue weighted by Gasteiger charge is -2.10. The topological polar surface area (TPSA) is 266 Å². The molecule has 8 N–H and O–H groups in total. The number of rotatable bonds is 8. The molecule has 0 saturated heterocycles. The van der Waals surface area contributed by atoms with E-state index >= 15 is 0 Å². The lowest BCUT2D eigenvalue weighted by Crippen LogP contribution is -2.29. The first-order valence-electron chi connectivity index (χ1n) is 15.4. The highest BCUT2D eigenvalue weighted by Gasteiger charge is 2.18. The molecule has 0 atom stereocenters. The average molecular weight is 771 g/mol. The molecule has 274 valence electrons. The summed E-state index contributed by atoms with van der Waals surface area (Å²) in [7, 11) is -9.18. The van der Waals surface area contributed by atoms with E-state index in [0.29, 0.717) is 0 Å². The molecule has 0 fully saturated rings. The fourth-order valence-electron chi connectivity index (χ4n) is 5.29. The zero-order valence-electron chi connectivity index (χ0n) is 27.3. The average Bonchev–Trinajstić information content (AvgIpc) is 3.11. The Morgan fingerprint density at radius 3 is 1.09 bits per heavy atom. The van der Waals surface area contributed by atoms with Crippen molar-refractivity contribution in [3.8, 4) is 11.5 Å². The first-order valence-corrected chi connectivity index (χ1v) is 18.3. The van der Waals surface area contributed by atoms with Crippen molar-refractivity contribution < 1.29 is 55.3 Å². The van der Waals surface area contributed by atoms with Crippen molar-refractivity contribution in [2.45, 2.75) is 9.79 Å². The fraction of sp³-hybridized carbons (Fsp3) is 0. The predicted octanol–water partition coefficient (Wildman–Crippen LogP) is 4.98. The van der Waals surface area contributed by atoms with Crippen molar-refractivity contribution in [2.75, 3.05) is 21.3 Å². The first kappa shape index (κ1) is 36.9. The van der Waals surface area contributed by atoms with Gasteiger partial charge in [0.15, 0.2) is 0 Å². The molecular weight excluding hydrogens is 745 g/mol. The normalized spacial score (nSPS) is 11.5. The molecule has 18 heteroatoms. The molecule has 6 aromatic rings. The SMILES string of the molecule is O=C(Nc1ccc(C(=O)Nc2ccc3c(O)cc(S(=O)(=O)O)cc3c2)cc1)C(=O)Nc1ccc(C(=O)Nc2ccc3c(O)cc(S(=O)(=O)O)cc3c2)cc1. The number of carbonyl (C=O) groups excluding carboxylic acids is 4. The van der Waals surface area contributed by atoms with Gasteiger partial charge in [0, 0.05) is 56.8 Å². The standard InChI is InChI=1S/C36H26N4O12S2/c41-31-17-27(53(47,48)49)15-21-13-25(9-11-29(21)31)39-33(43)19-1-5-23(6-2-19)37-35(45)36(46)38-24-7-3-20(4-8-24)34(44)40-26-10-12-30-22(14-26)16-28(18-32(30)42)54(50,51)52/h1-18,41-42H,(H,37,45)(H,38,46)(H,39,43)(H,40,44)(H,47,48,49)(H,50,51,52). The van der Waals surface area contributed by atoms with Crippen LogP contribution in [0.2, 0.25) is 0 Å². The number of anilines is 4. The Bertz CT molecular complexity index is 2560. The number of hydrogen-bond acceptors (Lipinski definition) is 10. The van der Waals surface area contributed by atoms with E-state index < -0.39 is 53.7 Å². The molecule has 0 aliphatic carbocycles. The highest BCUT2D eigenvalue weighted by Crippen LogP contribution is 2.32. The van der Waals surface area contributed by atoms with Gasteiger partial charge in [-0.2, -0.15) is 16.8 Å². The second-order valence-corrected chi connectivity index (χ2v) is 14.5.